The van der Waals surface area contributed by atoms with Crippen molar-refractivity contribution in [2.24, 2.45) is 17.6 Å². The van der Waals surface area contributed by atoms with Crippen molar-refractivity contribution in [3.63, 3.8) is 0 Å². The number of rotatable bonds is 6. The maximum atomic E-state index is 12.2. The van der Waals surface area contributed by atoms with Crippen LogP contribution in [-0.2, 0) is 9.59 Å². The van der Waals surface area contributed by atoms with E-state index < -0.39 is 5.97 Å². The number of amides is 1. The average Bonchev–Trinajstić information content (AvgIpc) is 2.37. The molecule has 0 aliphatic heterocycles. The Hall–Kier alpha value is -1.36. The van der Waals surface area contributed by atoms with Crippen LogP contribution in [0.15, 0.2) is 12.7 Å². The van der Waals surface area contributed by atoms with Gasteiger partial charge in [-0.3, -0.25) is 9.59 Å². The van der Waals surface area contributed by atoms with Crippen LogP contribution >= 0.6 is 0 Å². The second kappa shape index (κ2) is 7.16. The molecule has 3 N–H and O–H groups in total. The van der Waals surface area contributed by atoms with Gasteiger partial charge in [-0.2, -0.15) is 0 Å². The second-order valence-corrected chi connectivity index (χ2v) is 4.85. The normalized spacial score (nSPS) is 23.4. The van der Waals surface area contributed by atoms with Gasteiger partial charge in [0.15, 0.2) is 0 Å². The maximum absolute atomic E-state index is 12.2. The Bertz CT molecular complexity index is 309. The third-order valence-corrected chi connectivity index (χ3v) is 3.52. The first-order valence-corrected chi connectivity index (χ1v) is 6.40. The summed E-state index contributed by atoms with van der Waals surface area (Å²) in [7, 11) is 0. The highest BCUT2D eigenvalue weighted by atomic mass is 16.4. The monoisotopic (exact) mass is 254 g/mol. The molecule has 0 bridgehead atoms. The highest BCUT2D eigenvalue weighted by Gasteiger charge is 2.29. The number of carboxylic acids is 1. The summed E-state index contributed by atoms with van der Waals surface area (Å²) < 4.78 is 0. The number of carbonyl (C=O) groups excluding carboxylic acids is 1. The number of nitrogens with two attached hydrogens (primary N) is 1. The molecule has 0 radical (unpaired) electrons. The van der Waals surface area contributed by atoms with Crippen LogP contribution in [-0.4, -0.2) is 41.5 Å². The molecule has 102 valence electrons. The summed E-state index contributed by atoms with van der Waals surface area (Å²) in [6.07, 6.45) is 5.11. The quantitative estimate of drug-likeness (QED) is 0.688. The Balaban J connectivity index is 2.55. The standard InChI is InChI=1S/C13H22N2O3/c1-2-7-15(9-12(16)17)13(18)11-5-3-10(8-14)4-6-11/h2,10-11H,1,3-9,14H2,(H,16,17). The molecule has 5 heteroatoms. The Morgan fingerprint density at radius 1 is 1.33 bits per heavy atom. The molecule has 0 aromatic carbocycles. The molecule has 0 saturated heterocycles. The zero-order chi connectivity index (χ0) is 13.5. The minimum absolute atomic E-state index is 0.0490. The van der Waals surface area contributed by atoms with Crippen LogP contribution in [0.1, 0.15) is 25.7 Å². The van der Waals surface area contributed by atoms with E-state index in [2.05, 4.69) is 6.58 Å². The van der Waals surface area contributed by atoms with Crippen molar-refractivity contribution in [1.29, 1.82) is 0 Å². The number of hydrogen-bond donors (Lipinski definition) is 2. The molecule has 1 amide bonds. The van der Waals surface area contributed by atoms with E-state index in [9.17, 15) is 9.59 Å². The Labute approximate surface area is 108 Å². The zero-order valence-corrected chi connectivity index (χ0v) is 10.7. The zero-order valence-electron chi connectivity index (χ0n) is 10.7. The number of carboxylic acid groups (broad SMARTS) is 1. The molecule has 5 nitrogen and oxygen atoms in total. The van der Waals surface area contributed by atoms with Crippen molar-refractivity contribution in [1.82, 2.24) is 4.90 Å². The summed E-state index contributed by atoms with van der Waals surface area (Å²) in [5.74, 6) is -0.581. The Kier molecular flexibility index (Phi) is 5.85. The predicted octanol–water partition coefficient (Wildman–Crippen LogP) is 0.851. The second-order valence-electron chi connectivity index (χ2n) is 4.85. The van der Waals surface area contributed by atoms with E-state index in [0.717, 1.165) is 25.7 Å². The smallest absolute Gasteiger partial charge is 0.323 e. The highest BCUT2D eigenvalue weighted by molar-refractivity contribution is 5.83. The van der Waals surface area contributed by atoms with Gasteiger partial charge < -0.3 is 15.7 Å². The van der Waals surface area contributed by atoms with Gasteiger partial charge in [0.1, 0.15) is 6.54 Å². The lowest BCUT2D eigenvalue weighted by Gasteiger charge is -2.30. The van der Waals surface area contributed by atoms with Crippen molar-refractivity contribution in [2.75, 3.05) is 19.6 Å². The summed E-state index contributed by atoms with van der Waals surface area (Å²) in [6.45, 7) is 4.28. The molecule has 1 aliphatic carbocycles. The molecular weight excluding hydrogens is 232 g/mol. The molecule has 1 fully saturated rings. The summed E-state index contributed by atoms with van der Waals surface area (Å²) in [5, 5.41) is 8.79. The van der Waals surface area contributed by atoms with E-state index in [0.29, 0.717) is 19.0 Å². The first-order valence-electron chi connectivity index (χ1n) is 6.40. The van der Waals surface area contributed by atoms with Crippen molar-refractivity contribution >= 4 is 11.9 Å². The SMILES string of the molecule is C=CCN(CC(=O)O)C(=O)C1CCC(CN)CC1. The van der Waals surface area contributed by atoms with Gasteiger partial charge in [-0.15, -0.1) is 6.58 Å². The van der Waals surface area contributed by atoms with Crippen LogP contribution in [0.3, 0.4) is 0 Å². The average molecular weight is 254 g/mol. The maximum Gasteiger partial charge on any atom is 0.323 e. The topological polar surface area (TPSA) is 83.6 Å². The van der Waals surface area contributed by atoms with Crippen LogP contribution < -0.4 is 5.73 Å². The minimum Gasteiger partial charge on any atom is -0.480 e. The fourth-order valence-electron chi connectivity index (χ4n) is 2.45. The number of hydrogen-bond acceptors (Lipinski definition) is 3. The highest BCUT2D eigenvalue weighted by Crippen LogP contribution is 2.29. The lowest BCUT2D eigenvalue weighted by atomic mass is 9.81. The van der Waals surface area contributed by atoms with Gasteiger partial charge in [0, 0.05) is 12.5 Å². The van der Waals surface area contributed by atoms with Crippen molar-refractivity contribution < 1.29 is 14.7 Å². The van der Waals surface area contributed by atoms with Gasteiger partial charge in [-0.25, -0.2) is 0 Å². The molecule has 1 saturated carbocycles. The van der Waals surface area contributed by atoms with Crippen LogP contribution in [0.2, 0.25) is 0 Å². The summed E-state index contributed by atoms with van der Waals surface area (Å²) in [4.78, 5) is 24.3. The lowest BCUT2D eigenvalue weighted by Crippen LogP contribution is -2.41. The number of nitrogens with zero attached hydrogens (tertiary/aromatic N) is 1. The van der Waals surface area contributed by atoms with Crippen LogP contribution in [0.5, 0.6) is 0 Å². The summed E-state index contributed by atoms with van der Waals surface area (Å²) in [5.41, 5.74) is 5.61. The largest absolute Gasteiger partial charge is 0.480 e. The number of carbonyl (C=O) groups is 2. The van der Waals surface area contributed by atoms with Crippen LogP contribution in [0.4, 0.5) is 0 Å². The molecule has 0 spiro atoms. The van der Waals surface area contributed by atoms with Crippen molar-refractivity contribution in [2.45, 2.75) is 25.7 Å². The van der Waals surface area contributed by atoms with Crippen LogP contribution in [0, 0.1) is 11.8 Å². The summed E-state index contributed by atoms with van der Waals surface area (Å²) in [6, 6.07) is 0. The number of aliphatic carboxylic acids is 1. The Morgan fingerprint density at radius 3 is 2.39 bits per heavy atom. The van der Waals surface area contributed by atoms with E-state index in [4.69, 9.17) is 10.8 Å². The van der Waals surface area contributed by atoms with Gasteiger partial charge >= 0.3 is 5.97 Å². The van der Waals surface area contributed by atoms with Gasteiger partial charge in [0.05, 0.1) is 0 Å². The predicted molar refractivity (Wildman–Crippen MR) is 68.9 cm³/mol. The van der Waals surface area contributed by atoms with Crippen LogP contribution in [0.25, 0.3) is 0 Å². The molecular formula is C13H22N2O3. The molecule has 18 heavy (non-hydrogen) atoms. The first kappa shape index (κ1) is 14.7. The van der Waals surface area contributed by atoms with Gasteiger partial charge in [0.25, 0.3) is 0 Å². The van der Waals surface area contributed by atoms with Crippen molar-refractivity contribution in [3.8, 4) is 0 Å². The van der Waals surface area contributed by atoms with Gasteiger partial charge in [-0.1, -0.05) is 6.08 Å². The van der Waals surface area contributed by atoms with Crippen molar-refractivity contribution in [3.05, 3.63) is 12.7 Å². The van der Waals surface area contributed by atoms with E-state index in [-0.39, 0.29) is 18.4 Å². The molecule has 1 aliphatic rings. The van der Waals surface area contributed by atoms with E-state index >= 15 is 0 Å². The Morgan fingerprint density at radius 2 is 1.94 bits per heavy atom. The fourth-order valence-corrected chi connectivity index (χ4v) is 2.45. The van der Waals surface area contributed by atoms with Gasteiger partial charge in [0.2, 0.25) is 5.91 Å². The molecule has 1 rings (SSSR count). The van der Waals surface area contributed by atoms with Gasteiger partial charge in [-0.05, 0) is 38.1 Å². The lowest BCUT2D eigenvalue weighted by molar-refractivity contribution is -0.146. The van der Waals surface area contributed by atoms with E-state index in [1.165, 1.54) is 4.90 Å². The molecule has 0 atom stereocenters. The minimum atomic E-state index is -0.985. The van der Waals surface area contributed by atoms with E-state index in [1.54, 1.807) is 6.08 Å². The first-order chi connectivity index (χ1) is 8.58. The third-order valence-electron chi connectivity index (χ3n) is 3.52. The molecule has 0 aromatic heterocycles. The molecule has 0 aromatic rings. The summed E-state index contributed by atoms with van der Waals surface area (Å²) >= 11 is 0. The third kappa shape index (κ3) is 4.14. The fraction of sp³-hybridized carbons (Fsp3) is 0.692. The molecule has 0 unspecified atom stereocenters. The molecule has 0 heterocycles. The van der Waals surface area contributed by atoms with E-state index in [1.807, 2.05) is 0 Å².